The van der Waals surface area contributed by atoms with Crippen molar-refractivity contribution in [3.8, 4) is 0 Å². The molecule has 2 rings (SSSR count). The molecule has 0 aromatic carbocycles. The Labute approximate surface area is 58.4 Å². The van der Waals surface area contributed by atoms with Crippen LogP contribution in [0.3, 0.4) is 0 Å². The van der Waals surface area contributed by atoms with Gasteiger partial charge in [0.1, 0.15) is 0 Å². The van der Waals surface area contributed by atoms with E-state index in [1.165, 1.54) is 32.4 Å². The molecule has 0 aromatic heterocycles. The van der Waals surface area contributed by atoms with Gasteiger partial charge in [0, 0.05) is 7.41 Å². The third-order valence-electron chi connectivity index (χ3n) is 2.75. The van der Waals surface area contributed by atoms with Crippen LogP contribution in [0.25, 0.3) is 0 Å². The van der Waals surface area contributed by atoms with Crippen LogP contribution >= 0.6 is 0 Å². The van der Waals surface area contributed by atoms with Gasteiger partial charge in [-0.15, -0.1) is 0 Å². The molecule has 0 aromatic rings. The van der Waals surface area contributed by atoms with E-state index in [9.17, 15) is 0 Å². The van der Waals surface area contributed by atoms with Crippen LogP contribution in [0.2, 0.25) is 0 Å². The van der Waals surface area contributed by atoms with Crippen LogP contribution in [0.15, 0.2) is 0 Å². The normalized spacial score (nSPS) is 45.1. The molecule has 0 spiro atoms. The maximum absolute atomic E-state index is 7.32. The average Bonchev–Trinajstić information content (AvgIpc) is 2.44. The molecule has 0 aliphatic carbocycles. The Morgan fingerprint density at radius 3 is 3.33 bits per heavy atom. The number of rotatable bonds is 0. The summed E-state index contributed by atoms with van der Waals surface area (Å²) in [4.78, 5) is 2.57. The van der Waals surface area contributed by atoms with E-state index in [1.807, 2.05) is 0 Å². The van der Waals surface area contributed by atoms with Crippen LogP contribution in [0, 0.1) is 5.92 Å². The molecule has 9 heavy (non-hydrogen) atoms. The molecule has 2 aliphatic heterocycles. The van der Waals surface area contributed by atoms with Gasteiger partial charge in [0.2, 0.25) is 0 Å². The largest absolute Gasteiger partial charge is 0.300 e. The number of fused-ring (bicyclic) bond motifs is 1. The quantitative estimate of drug-likeness (QED) is 0.475. The Hall–Kier alpha value is -0.0400. The lowest BCUT2D eigenvalue weighted by atomic mass is 10.0. The summed E-state index contributed by atoms with van der Waals surface area (Å²) in [5.74, 6) is 0.711. The number of hydrogen-bond acceptors (Lipinski definition) is 1. The predicted octanol–water partition coefficient (Wildman–Crippen LogP) is 1.49. The molecule has 2 heterocycles. The second-order valence-electron chi connectivity index (χ2n) is 3.29. The van der Waals surface area contributed by atoms with Gasteiger partial charge < -0.3 is 4.90 Å². The molecular weight excluding hydrogens is 110 g/mol. The van der Waals surface area contributed by atoms with Gasteiger partial charge >= 0.3 is 0 Å². The Bertz CT molecular complexity index is 126. The van der Waals surface area contributed by atoms with Gasteiger partial charge in [-0.3, -0.25) is 0 Å². The number of nitrogens with zero attached hydrogens (tertiary/aromatic N) is 1. The molecule has 2 aliphatic rings. The van der Waals surface area contributed by atoms with E-state index in [4.69, 9.17) is 1.37 Å². The summed E-state index contributed by atoms with van der Waals surface area (Å²) in [7, 11) is 0. The molecule has 0 radical (unpaired) electrons. The van der Waals surface area contributed by atoms with Crippen molar-refractivity contribution in [3.63, 3.8) is 0 Å². The summed E-state index contributed by atoms with van der Waals surface area (Å²) < 4.78 is 7.32. The minimum absolute atomic E-state index is 0.654. The molecule has 0 unspecified atom stereocenters. The van der Waals surface area contributed by atoms with E-state index < -0.39 is 0 Å². The fourth-order valence-corrected chi connectivity index (χ4v) is 2.19. The Morgan fingerprint density at radius 2 is 2.44 bits per heavy atom. The molecule has 0 N–H and O–H groups in total. The van der Waals surface area contributed by atoms with E-state index in [0.29, 0.717) is 12.8 Å². The van der Waals surface area contributed by atoms with E-state index >= 15 is 0 Å². The summed E-state index contributed by atoms with van der Waals surface area (Å²) >= 11 is 0. The highest BCUT2D eigenvalue weighted by Crippen LogP contribution is 2.31. The molecule has 2 saturated heterocycles. The van der Waals surface area contributed by atoms with Crippen molar-refractivity contribution in [2.75, 3.05) is 13.1 Å². The molecule has 0 saturated carbocycles. The third-order valence-corrected chi connectivity index (χ3v) is 2.75. The molecule has 0 amide bonds. The molecule has 2 atom stereocenters. The zero-order valence-corrected chi connectivity index (χ0v) is 5.84. The van der Waals surface area contributed by atoms with Crippen molar-refractivity contribution in [1.29, 1.82) is 0 Å². The third kappa shape index (κ3) is 0.787. The second kappa shape index (κ2) is 1.98. The highest BCUT2D eigenvalue weighted by molar-refractivity contribution is 4.88. The first kappa shape index (κ1) is 4.73. The molecule has 1 heteroatoms. The van der Waals surface area contributed by atoms with Gasteiger partial charge in [-0.25, -0.2) is 0 Å². The van der Waals surface area contributed by atoms with E-state index in [1.54, 1.807) is 0 Å². The van der Waals surface area contributed by atoms with Crippen LogP contribution in [0.1, 0.15) is 27.5 Å². The maximum Gasteiger partial charge on any atom is 0.0234 e. The van der Waals surface area contributed by atoms with Crippen molar-refractivity contribution in [2.24, 2.45) is 5.92 Å². The average molecular weight is 126 g/mol. The lowest BCUT2D eigenvalue weighted by Gasteiger charge is -2.16. The zero-order valence-electron chi connectivity index (χ0n) is 6.84. The highest BCUT2D eigenvalue weighted by atomic mass is 15.2. The van der Waals surface area contributed by atoms with Crippen molar-refractivity contribution in [3.05, 3.63) is 0 Å². The van der Waals surface area contributed by atoms with E-state index in [2.05, 4.69) is 4.90 Å². The first-order valence-corrected chi connectivity index (χ1v) is 3.95. The summed E-state index contributed by atoms with van der Waals surface area (Å²) in [6.07, 6.45) is 4.03. The van der Waals surface area contributed by atoms with Gasteiger partial charge in [0.05, 0.1) is 0 Å². The topological polar surface area (TPSA) is 3.24 Å². The zero-order chi connectivity index (χ0) is 6.97. The first-order valence-electron chi connectivity index (χ1n) is 4.66. The van der Waals surface area contributed by atoms with Gasteiger partial charge in [0.25, 0.3) is 0 Å². The van der Waals surface area contributed by atoms with Crippen LogP contribution in [-0.2, 0) is 0 Å². The summed E-state index contributed by atoms with van der Waals surface area (Å²) in [6.45, 7) is 3.23. The van der Waals surface area contributed by atoms with Crippen molar-refractivity contribution >= 4 is 0 Å². The van der Waals surface area contributed by atoms with Gasteiger partial charge in [-0.1, -0.05) is 6.90 Å². The van der Waals surface area contributed by atoms with Crippen LogP contribution in [0.4, 0.5) is 0 Å². The number of hydrogen-bond donors (Lipinski definition) is 0. The minimum Gasteiger partial charge on any atom is -0.300 e. The maximum atomic E-state index is 7.32. The fraction of sp³-hybridized carbons (Fsp3) is 1.00. The molecule has 0 bridgehead atoms. The van der Waals surface area contributed by atoms with Crippen molar-refractivity contribution < 1.29 is 1.37 Å². The predicted molar refractivity (Wildman–Crippen MR) is 38.4 cm³/mol. The van der Waals surface area contributed by atoms with Gasteiger partial charge in [0.15, 0.2) is 0 Å². The Kier molecular flexibility index (Phi) is 1.04. The summed E-state index contributed by atoms with van der Waals surface area (Å²) in [5.41, 5.74) is 0. The lowest BCUT2D eigenvalue weighted by Crippen LogP contribution is -2.24. The highest BCUT2D eigenvalue weighted by Gasteiger charge is 2.33. The first-order chi connectivity index (χ1) is 4.92. The molecule has 2 fully saturated rings. The summed E-state index contributed by atoms with van der Waals surface area (Å²) in [6, 6.07) is 0.803. The van der Waals surface area contributed by atoms with Crippen molar-refractivity contribution in [1.82, 2.24) is 4.90 Å². The van der Waals surface area contributed by atoms with Crippen LogP contribution < -0.4 is 0 Å². The van der Waals surface area contributed by atoms with E-state index in [-0.39, 0.29) is 0 Å². The SMILES string of the molecule is [2H]C[C@H]1CCN2CCC[C@H]12. The lowest BCUT2D eigenvalue weighted by molar-refractivity contribution is 0.298. The standard InChI is InChI=1S/C8H15N/c1-7-4-6-9-5-2-3-8(7)9/h7-8H,2-6H2,1H3/t7-,8+/m0/s1/i1D. The molecule has 52 valence electrons. The van der Waals surface area contributed by atoms with Gasteiger partial charge in [-0.05, 0) is 38.3 Å². The smallest absolute Gasteiger partial charge is 0.0234 e. The molecular formula is C8H15N. The second-order valence-corrected chi connectivity index (χ2v) is 3.29. The van der Waals surface area contributed by atoms with Crippen LogP contribution in [0.5, 0.6) is 0 Å². The fourth-order valence-electron chi connectivity index (χ4n) is 2.19. The monoisotopic (exact) mass is 126 g/mol. The Morgan fingerprint density at radius 1 is 1.44 bits per heavy atom. The summed E-state index contributed by atoms with van der Waals surface area (Å²) in [5, 5.41) is 0. The minimum atomic E-state index is 0.654. The van der Waals surface area contributed by atoms with Gasteiger partial charge in [-0.2, -0.15) is 0 Å². The molecule has 1 nitrogen and oxygen atoms in total. The Balaban J connectivity index is 2.01. The van der Waals surface area contributed by atoms with E-state index in [0.717, 1.165) is 6.04 Å². The van der Waals surface area contributed by atoms with Crippen LogP contribution in [-0.4, -0.2) is 24.0 Å². The van der Waals surface area contributed by atoms with Crippen molar-refractivity contribution in [2.45, 2.75) is 32.2 Å².